The van der Waals surface area contributed by atoms with Gasteiger partial charge < -0.3 is 4.90 Å². The molecule has 1 aliphatic rings. The molecule has 25 heavy (non-hydrogen) atoms. The van der Waals surface area contributed by atoms with Crippen molar-refractivity contribution >= 4 is 28.1 Å². The van der Waals surface area contributed by atoms with Crippen LogP contribution < -0.4 is 4.90 Å². The highest BCUT2D eigenvalue weighted by molar-refractivity contribution is 7.16. The van der Waals surface area contributed by atoms with Crippen molar-refractivity contribution in [3.8, 4) is 0 Å². The Morgan fingerprint density at radius 3 is 2.68 bits per heavy atom. The molecule has 6 heteroatoms. The molecule has 1 saturated heterocycles. The zero-order valence-corrected chi connectivity index (χ0v) is 16.9. The fourth-order valence-electron chi connectivity index (χ4n) is 3.35. The lowest BCUT2D eigenvalue weighted by atomic mass is 10.0. The second-order valence-electron chi connectivity index (χ2n) is 7.04. The Morgan fingerprint density at radius 1 is 1.24 bits per heavy atom. The van der Waals surface area contributed by atoms with Crippen LogP contribution in [-0.4, -0.2) is 55.1 Å². The van der Waals surface area contributed by atoms with Crippen LogP contribution in [0.25, 0.3) is 0 Å². The topological polar surface area (TPSA) is 22.6 Å². The van der Waals surface area contributed by atoms with Crippen LogP contribution in [0.4, 0.5) is 5.13 Å². The second kappa shape index (κ2) is 8.49. The van der Waals surface area contributed by atoms with E-state index in [0.717, 1.165) is 31.3 Å². The van der Waals surface area contributed by atoms with E-state index in [-0.39, 0.29) is 0 Å². The van der Waals surface area contributed by atoms with Crippen molar-refractivity contribution in [2.24, 2.45) is 0 Å². The Kier molecular flexibility index (Phi) is 6.34. The van der Waals surface area contributed by atoms with Gasteiger partial charge in [-0.15, -0.1) is 0 Å². The van der Waals surface area contributed by atoms with Gasteiger partial charge in [0.1, 0.15) is 5.15 Å². The first-order valence-corrected chi connectivity index (χ1v) is 10.0. The molecule has 1 atom stereocenters. The average molecular weight is 379 g/mol. The normalized spacial score (nSPS) is 18.7. The molecule has 1 aromatic heterocycles. The van der Waals surface area contributed by atoms with Gasteiger partial charge >= 0.3 is 0 Å². The van der Waals surface area contributed by atoms with Crippen LogP contribution in [-0.2, 0) is 13.1 Å². The summed E-state index contributed by atoms with van der Waals surface area (Å²) in [5.74, 6) is 0. The lowest BCUT2D eigenvalue weighted by Crippen LogP contribution is -2.45. The van der Waals surface area contributed by atoms with Gasteiger partial charge in [0.15, 0.2) is 5.13 Å². The molecule has 136 valence electrons. The van der Waals surface area contributed by atoms with Crippen molar-refractivity contribution in [2.75, 3.05) is 39.1 Å². The minimum absolute atomic E-state index is 0.592. The van der Waals surface area contributed by atoms with Gasteiger partial charge in [0.25, 0.3) is 0 Å². The van der Waals surface area contributed by atoms with Crippen LogP contribution in [0, 0.1) is 0 Å². The monoisotopic (exact) mass is 378 g/mol. The maximum absolute atomic E-state index is 6.35. The minimum atomic E-state index is 0.592. The Bertz CT molecular complexity index is 673. The first kappa shape index (κ1) is 18.6. The van der Waals surface area contributed by atoms with Crippen molar-refractivity contribution in [2.45, 2.75) is 32.0 Å². The van der Waals surface area contributed by atoms with Crippen molar-refractivity contribution < 1.29 is 0 Å². The number of benzene rings is 1. The molecule has 0 amide bonds. The third-order valence-electron chi connectivity index (χ3n) is 4.77. The predicted octanol–water partition coefficient (Wildman–Crippen LogP) is 3.96. The van der Waals surface area contributed by atoms with E-state index >= 15 is 0 Å². The van der Waals surface area contributed by atoms with Crippen LogP contribution >= 0.6 is 22.9 Å². The van der Waals surface area contributed by atoms with E-state index in [1.807, 2.05) is 19.0 Å². The van der Waals surface area contributed by atoms with E-state index < -0.39 is 0 Å². The molecule has 2 heterocycles. The van der Waals surface area contributed by atoms with Gasteiger partial charge in [-0.1, -0.05) is 53.3 Å². The highest BCUT2D eigenvalue weighted by Gasteiger charge is 2.24. The van der Waals surface area contributed by atoms with Gasteiger partial charge in [-0.05, 0) is 32.0 Å². The summed E-state index contributed by atoms with van der Waals surface area (Å²) < 4.78 is 0. The maximum atomic E-state index is 6.35. The van der Waals surface area contributed by atoms with Gasteiger partial charge in [-0.25, -0.2) is 4.98 Å². The summed E-state index contributed by atoms with van der Waals surface area (Å²) in [6, 6.07) is 11.3. The van der Waals surface area contributed by atoms with Crippen molar-refractivity contribution in [3.05, 3.63) is 45.9 Å². The fourth-order valence-corrected chi connectivity index (χ4v) is 4.57. The Labute approximate surface area is 160 Å². The summed E-state index contributed by atoms with van der Waals surface area (Å²) >= 11 is 8.05. The zero-order chi connectivity index (χ0) is 17.8. The molecule has 0 aliphatic carbocycles. The molecule has 0 N–H and O–H groups in total. The van der Waals surface area contributed by atoms with Crippen LogP contribution in [0.3, 0.4) is 0 Å². The number of nitrogens with zero attached hydrogens (tertiary/aromatic N) is 4. The molecule has 0 bridgehead atoms. The Balaban J connectivity index is 1.59. The smallest absolute Gasteiger partial charge is 0.186 e. The quantitative estimate of drug-likeness (QED) is 0.758. The number of aromatic nitrogens is 1. The molecule has 1 fully saturated rings. The lowest BCUT2D eigenvalue weighted by Gasteiger charge is -2.37. The van der Waals surface area contributed by atoms with E-state index in [1.165, 1.54) is 23.3 Å². The summed E-state index contributed by atoms with van der Waals surface area (Å²) in [7, 11) is 6.26. The van der Waals surface area contributed by atoms with E-state index in [9.17, 15) is 0 Å². The van der Waals surface area contributed by atoms with Gasteiger partial charge in [0, 0.05) is 39.8 Å². The number of rotatable bonds is 6. The van der Waals surface area contributed by atoms with Gasteiger partial charge in [0.2, 0.25) is 0 Å². The van der Waals surface area contributed by atoms with Gasteiger partial charge in [-0.3, -0.25) is 9.80 Å². The fraction of sp³-hybridized carbons (Fsp3) is 0.526. The Hall–Kier alpha value is -1.14. The molecule has 2 aromatic rings. The van der Waals surface area contributed by atoms with Crippen molar-refractivity contribution in [1.82, 2.24) is 14.8 Å². The molecule has 4 nitrogen and oxygen atoms in total. The summed E-state index contributed by atoms with van der Waals surface area (Å²) in [6.45, 7) is 4.14. The van der Waals surface area contributed by atoms with E-state index in [1.54, 1.807) is 11.3 Å². The highest BCUT2D eigenvalue weighted by atomic mass is 35.5. The molecule has 0 radical (unpaired) electrons. The van der Waals surface area contributed by atoms with Gasteiger partial charge in [-0.2, -0.15) is 0 Å². The average Bonchev–Trinajstić information content (AvgIpc) is 2.97. The van der Waals surface area contributed by atoms with Crippen molar-refractivity contribution in [3.63, 3.8) is 0 Å². The van der Waals surface area contributed by atoms with Crippen LogP contribution in [0.2, 0.25) is 5.15 Å². The third-order valence-corrected chi connectivity index (χ3v) is 6.40. The summed E-state index contributed by atoms with van der Waals surface area (Å²) in [6.07, 6.45) is 2.50. The maximum Gasteiger partial charge on any atom is 0.186 e. The second-order valence-corrected chi connectivity index (χ2v) is 8.46. The summed E-state index contributed by atoms with van der Waals surface area (Å²) in [4.78, 5) is 12.7. The number of piperidine rings is 1. The first-order valence-electron chi connectivity index (χ1n) is 8.82. The number of halogens is 1. The number of hydrogen-bond acceptors (Lipinski definition) is 5. The number of hydrogen-bond donors (Lipinski definition) is 0. The van der Waals surface area contributed by atoms with Crippen LogP contribution in [0.15, 0.2) is 30.3 Å². The van der Waals surface area contributed by atoms with Crippen LogP contribution in [0.1, 0.15) is 23.3 Å². The number of thiazole rings is 1. The lowest BCUT2D eigenvalue weighted by molar-refractivity contribution is 0.108. The number of likely N-dealkylation sites (tertiary alicyclic amines) is 1. The summed E-state index contributed by atoms with van der Waals surface area (Å²) in [5, 5.41) is 1.64. The van der Waals surface area contributed by atoms with E-state index in [2.05, 4.69) is 52.2 Å². The largest absolute Gasteiger partial charge is 0.354 e. The van der Waals surface area contributed by atoms with Crippen molar-refractivity contribution in [1.29, 1.82) is 0 Å². The third kappa shape index (κ3) is 4.94. The van der Waals surface area contributed by atoms with E-state index in [0.29, 0.717) is 11.2 Å². The molecular weight excluding hydrogens is 352 g/mol. The molecule has 1 aliphatic heterocycles. The number of anilines is 1. The van der Waals surface area contributed by atoms with E-state index in [4.69, 9.17) is 11.6 Å². The molecule has 1 aromatic carbocycles. The molecule has 0 unspecified atom stereocenters. The molecular formula is C19H27ClN4S. The molecule has 0 saturated carbocycles. The Morgan fingerprint density at radius 2 is 2.00 bits per heavy atom. The molecule has 0 spiro atoms. The van der Waals surface area contributed by atoms with Gasteiger partial charge in [0.05, 0.1) is 4.88 Å². The first-order chi connectivity index (χ1) is 12.0. The zero-order valence-electron chi connectivity index (χ0n) is 15.3. The van der Waals surface area contributed by atoms with Crippen LogP contribution in [0.5, 0.6) is 0 Å². The standard InChI is InChI=1S/C19H27ClN4S/c1-22(2)19-21-18(20)17(25-19)14-24-11-7-10-16(13-24)23(3)12-15-8-5-4-6-9-15/h4-6,8-9,16H,7,10-14H2,1-3H3/t16-/m0/s1. The minimum Gasteiger partial charge on any atom is -0.354 e. The predicted molar refractivity (Wildman–Crippen MR) is 108 cm³/mol. The summed E-state index contributed by atoms with van der Waals surface area (Å²) in [5.41, 5.74) is 1.38. The highest BCUT2D eigenvalue weighted by Crippen LogP contribution is 2.30. The SMILES string of the molecule is CN(C)c1nc(Cl)c(CN2CCC[C@H](N(C)Cc3ccccc3)C2)s1. The molecule has 3 rings (SSSR count). The number of likely N-dealkylation sites (N-methyl/N-ethyl adjacent to an activating group) is 1.